The molecule has 1 amide bonds. The van der Waals surface area contributed by atoms with Gasteiger partial charge in [-0.25, -0.2) is 4.68 Å². The van der Waals surface area contributed by atoms with Crippen molar-refractivity contribution in [1.29, 1.82) is 0 Å². The van der Waals surface area contributed by atoms with E-state index in [9.17, 15) is 4.79 Å². The fraction of sp³-hybridized carbons (Fsp3) is 0.524. The van der Waals surface area contributed by atoms with E-state index in [1.54, 1.807) is 0 Å². The molecule has 0 saturated carbocycles. The van der Waals surface area contributed by atoms with Crippen LogP contribution < -0.4 is 10.6 Å². The second-order valence-electron chi connectivity index (χ2n) is 8.47. The predicted octanol–water partition coefficient (Wildman–Crippen LogP) is 3.21. The van der Waals surface area contributed by atoms with Gasteiger partial charge >= 0.3 is 0 Å². The molecule has 3 rings (SSSR count). The standard InChI is InChI=1S/C21H30N4O/c1-14-6-8-16(9-7-14)25-13-17(19(24-25)21(3,4)5)20(26)23-18-10-11-22-12-15(18)2/h6-9,13,15,18,22H,10-12H2,1-5H3,(H,23,26). The number of carbonyl (C=O) groups excluding carboxylic acids is 1. The highest BCUT2D eigenvalue weighted by Gasteiger charge is 2.29. The van der Waals surface area contributed by atoms with E-state index in [1.165, 1.54) is 5.56 Å². The quantitative estimate of drug-likeness (QED) is 0.890. The Kier molecular flexibility index (Phi) is 5.19. The number of nitrogens with one attached hydrogen (secondary N) is 2. The van der Waals surface area contributed by atoms with Crippen molar-refractivity contribution in [2.75, 3.05) is 13.1 Å². The summed E-state index contributed by atoms with van der Waals surface area (Å²) in [6.07, 6.45) is 2.83. The predicted molar refractivity (Wildman–Crippen MR) is 105 cm³/mol. The van der Waals surface area contributed by atoms with Crippen molar-refractivity contribution in [2.45, 2.75) is 52.5 Å². The number of carbonyl (C=O) groups is 1. The highest BCUT2D eigenvalue weighted by Crippen LogP contribution is 2.26. The van der Waals surface area contributed by atoms with Crippen molar-refractivity contribution in [1.82, 2.24) is 20.4 Å². The molecule has 2 N–H and O–H groups in total. The van der Waals surface area contributed by atoms with Crippen LogP contribution in [-0.2, 0) is 5.41 Å². The summed E-state index contributed by atoms with van der Waals surface area (Å²) in [6, 6.07) is 8.39. The summed E-state index contributed by atoms with van der Waals surface area (Å²) < 4.78 is 1.82. The van der Waals surface area contributed by atoms with Crippen LogP contribution in [0.25, 0.3) is 5.69 Å². The molecular formula is C21H30N4O. The topological polar surface area (TPSA) is 59.0 Å². The van der Waals surface area contributed by atoms with Crippen molar-refractivity contribution in [3.63, 3.8) is 0 Å². The third-order valence-electron chi connectivity index (χ3n) is 5.07. The Morgan fingerprint density at radius 2 is 1.96 bits per heavy atom. The van der Waals surface area contributed by atoms with Crippen molar-refractivity contribution >= 4 is 5.91 Å². The minimum atomic E-state index is -0.206. The lowest BCUT2D eigenvalue weighted by atomic mass is 9.89. The molecule has 2 atom stereocenters. The largest absolute Gasteiger partial charge is 0.349 e. The van der Waals surface area contributed by atoms with Gasteiger partial charge in [-0.3, -0.25) is 4.79 Å². The highest BCUT2D eigenvalue weighted by molar-refractivity contribution is 5.95. The molecule has 5 nitrogen and oxygen atoms in total. The average Bonchev–Trinajstić information content (AvgIpc) is 3.03. The first-order valence-electron chi connectivity index (χ1n) is 9.44. The zero-order valence-corrected chi connectivity index (χ0v) is 16.5. The average molecular weight is 354 g/mol. The van der Waals surface area contributed by atoms with Gasteiger partial charge in [-0.1, -0.05) is 45.4 Å². The van der Waals surface area contributed by atoms with Crippen LogP contribution in [0.5, 0.6) is 0 Å². The van der Waals surface area contributed by atoms with Crippen LogP contribution in [0.1, 0.15) is 55.7 Å². The molecule has 1 aromatic carbocycles. The molecule has 1 aliphatic rings. The molecule has 140 valence electrons. The van der Waals surface area contributed by atoms with Crippen molar-refractivity contribution in [3.8, 4) is 5.69 Å². The third kappa shape index (κ3) is 3.98. The molecule has 2 heterocycles. The highest BCUT2D eigenvalue weighted by atomic mass is 16.1. The number of piperidine rings is 1. The van der Waals surface area contributed by atoms with E-state index in [1.807, 2.05) is 23.0 Å². The van der Waals surface area contributed by atoms with Crippen LogP contribution in [-0.4, -0.2) is 34.8 Å². The van der Waals surface area contributed by atoms with Gasteiger partial charge in [0.05, 0.1) is 16.9 Å². The Balaban J connectivity index is 1.91. The van der Waals surface area contributed by atoms with Crippen LogP contribution >= 0.6 is 0 Å². The molecule has 0 bridgehead atoms. The van der Waals surface area contributed by atoms with Gasteiger partial charge in [-0.05, 0) is 44.5 Å². The number of benzene rings is 1. The zero-order chi connectivity index (χ0) is 18.9. The molecule has 0 spiro atoms. The van der Waals surface area contributed by atoms with Crippen LogP contribution in [0.15, 0.2) is 30.5 Å². The molecule has 2 unspecified atom stereocenters. The van der Waals surface area contributed by atoms with Gasteiger partial charge in [0.1, 0.15) is 0 Å². The molecular weight excluding hydrogens is 324 g/mol. The van der Waals surface area contributed by atoms with E-state index in [-0.39, 0.29) is 17.4 Å². The number of amides is 1. The molecule has 1 aromatic heterocycles. The number of nitrogens with zero attached hydrogens (tertiary/aromatic N) is 2. The minimum Gasteiger partial charge on any atom is -0.349 e. The summed E-state index contributed by atoms with van der Waals surface area (Å²) in [5, 5.41) is 11.4. The summed E-state index contributed by atoms with van der Waals surface area (Å²) >= 11 is 0. The minimum absolute atomic E-state index is 0.0213. The molecule has 5 heteroatoms. The van der Waals surface area contributed by atoms with Crippen LogP contribution in [0, 0.1) is 12.8 Å². The van der Waals surface area contributed by atoms with Crippen molar-refractivity contribution < 1.29 is 4.79 Å². The third-order valence-corrected chi connectivity index (χ3v) is 5.07. The smallest absolute Gasteiger partial charge is 0.255 e. The summed E-state index contributed by atoms with van der Waals surface area (Å²) in [5.74, 6) is 0.407. The lowest BCUT2D eigenvalue weighted by Crippen LogP contribution is -2.48. The molecule has 0 aliphatic carbocycles. The van der Waals surface area contributed by atoms with Gasteiger partial charge in [0.2, 0.25) is 0 Å². The summed E-state index contributed by atoms with van der Waals surface area (Å²) in [4.78, 5) is 13.0. The normalized spacial score (nSPS) is 20.8. The zero-order valence-electron chi connectivity index (χ0n) is 16.5. The van der Waals surface area contributed by atoms with E-state index in [2.05, 4.69) is 57.4 Å². The van der Waals surface area contributed by atoms with Gasteiger partial charge in [0, 0.05) is 17.7 Å². The summed E-state index contributed by atoms with van der Waals surface area (Å²) in [7, 11) is 0. The maximum absolute atomic E-state index is 13.0. The molecule has 1 saturated heterocycles. The molecule has 26 heavy (non-hydrogen) atoms. The number of hydrogen-bond acceptors (Lipinski definition) is 3. The Hall–Kier alpha value is -2.14. The number of aromatic nitrogens is 2. The Labute approximate surface area is 156 Å². The van der Waals surface area contributed by atoms with Gasteiger partial charge in [-0.2, -0.15) is 5.10 Å². The summed E-state index contributed by atoms with van der Waals surface area (Å²) in [5.41, 5.74) is 3.47. The number of aryl methyl sites for hydroxylation is 1. The molecule has 1 aliphatic heterocycles. The summed E-state index contributed by atoms with van der Waals surface area (Å²) in [6.45, 7) is 12.4. The van der Waals surface area contributed by atoms with E-state index >= 15 is 0 Å². The fourth-order valence-electron chi connectivity index (χ4n) is 3.40. The van der Waals surface area contributed by atoms with Crippen LogP contribution in [0.2, 0.25) is 0 Å². The lowest BCUT2D eigenvalue weighted by Gasteiger charge is -2.30. The fourth-order valence-corrected chi connectivity index (χ4v) is 3.40. The Morgan fingerprint density at radius 1 is 1.27 bits per heavy atom. The second-order valence-corrected chi connectivity index (χ2v) is 8.47. The van der Waals surface area contributed by atoms with Crippen molar-refractivity contribution in [2.24, 2.45) is 5.92 Å². The van der Waals surface area contributed by atoms with E-state index < -0.39 is 0 Å². The van der Waals surface area contributed by atoms with E-state index in [0.29, 0.717) is 11.5 Å². The van der Waals surface area contributed by atoms with E-state index in [0.717, 1.165) is 30.9 Å². The SMILES string of the molecule is Cc1ccc(-n2cc(C(=O)NC3CCNCC3C)c(C(C)(C)C)n2)cc1. The monoisotopic (exact) mass is 354 g/mol. The Morgan fingerprint density at radius 3 is 2.58 bits per heavy atom. The first kappa shape index (κ1) is 18.6. The maximum atomic E-state index is 13.0. The number of hydrogen-bond donors (Lipinski definition) is 2. The van der Waals surface area contributed by atoms with Gasteiger partial charge < -0.3 is 10.6 Å². The lowest BCUT2D eigenvalue weighted by molar-refractivity contribution is 0.0912. The van der Waals surface area contributed by atoms with Gasteiger partial charge in [-0.15, -0.1) is 0 Å². The molecule has 0 radical (unpaired) electrons. The first-order valence-corrected chi connectivity index (χ1v) is 9.44. The van der Waals surface area contributed by atoms with Crippen molar-refractivity contribution in [3.05, 3.63) is 47.3 Å². The Bertz CT molecular complexity index is 770. The van der Waals surface area contributed by atoms with Gasteiger partial charge in [0.15, 0.2) is 0 Å². The molecule has 1 fully saturated rings. The second kappa shape index (κ2) is 7.23. The molecule has 2 aromatic rings. The first-order chi connectivity index (χ1) is 12.3. The maximum Gasteiger partial charge on any atom is 0.255 e. The van der Waals surface area contributed by atoms with E-state index in [4.69, 9.17) is 5.10 Å². The van der Waals surface area contributed by atoms with Crippen LogP contribution in [0.4, 0.5) is 0 Å². The number of rotatable bonds is 3. The van der Waals surface area contributed by atoms with Gasteiger partial charge in [0.25, 0.3) is 5.91 Å². The van der Waals surface area contributed by atoms with Crippen LogP contribution in [0.3, 0.4) is 0 Å².